The molecule has 3 aromatic rings. The van der Waals surface area contributed by atoms with Gasteiger partial charge in [0.2, 0.25) is 5.95 Å². The predicted octanol–water partition coefficient (Wildman–Crippen LogP) is 5.23. The monoisotopic (exact) mass is 445 g/mol. The van der Waals surface area contributed by atoms with Gasteiger partial charge < -0.3 is 15.1 Å². The number of aryl methyl sites for hydroxylation is 1. The first-order valence-corrected chi connectivity index (χ1v) is 11.6. The van der Waals surface area contributed by atoms with E-state index in [0.717, 1.165) is 36.6 Å². The van der Waals surface area contributed by atoms with Crippen LogP contribution in [0.5, 0.6) is 0 Å². The fraction of sp³-hybridized carbons (Fsp3) is 0.370. The number of amides is 1. The summed E-state index contributed by atoms with van der Waals surface area (Å²) < 4.78 is 0. The van der Waals surface area contributed by atoms with Crippen LogP contribution >= 0.6 is 0 Å². The highest BCUT2D eigenvalue weighted by Crippen LogP contribution is 2.27. The maximum atomic E-state index is 12.8. The highest BCUT2D eigenvalue weighted by atomic mass is 16.2. The average Bonchev–Trinajstić information content (AvgIpc) is 2.83. The van der Waals surface area contributed by atoms with E-state index in [1.54, 1.807) is 11.1 Å². The molecule has 1 amide bonds. The van der Waals surface area contributed by atoms with Crippen molar-refractivity contribution in [1.29, 1.82) is 0 Å². The number of carbonyl (C=O) groups excluding carboxylic acids is 1. The van der Waals surface area contributed by atoms with Gasteiger partial charge in [-0.15, -0.1) is 0 Å². The summed E-state index contributed by atoms with van der Waals surface area (Å²) in [5.74, 6) is 0.553. The number of likely N-dealkylation sites (N-methyl/N-ethyl adjacent to an activating group) is 2. The van der Waals surface area contributed by atoms with Gasteiger partial charge in [-0.05, 0) is 80.9 Å². The van der Waals surface area contributed by atoms with Gasteiger partial charge in [0.25, 0.3) is 5.91 Å². The summed E-state index contributed by atoms with van der Waals surface area (Å²) in [6.45, 7) is 14.2. The number of nitrogens with one attached hydrogen (secondary N) is 1. The lowest BCUT2D eigenvalue weighted by Crippen LogP contribution is -2.36. The number of rotatable bonds is 9. The molecule has 0 spiro atoms. The van der Waals surface area contributed by atoms with E-state index in [0.29, 0.717) is 18.1 Å². The summed E-state index contributed by atoms with van der Waals surface area (Å²) in [7, 11) is 1.85. The molecule has 0 aliphatic carbocycles. The minimum absolute atomic E-state index is 0.0252. The van der Waals surface area contributed by atoms with Crippen LogP contribution < -0.4 is 5.32 Å². The molecule has 0 radical (unpaired) electrons. The molecule has 0 atom stereocenters. The van der Waals surface area contributed by atoms with Gasteiger partial charge in [-0.1, -0.05) is 26.0 Å². The van der Waals surface area contributed by atoms with E-state index in [2.05, 4.69) is 62.0 Å². The van der Waals surface area contributed by atoms with Crippen LogP contribution in [0.2, 0.25) is 0 Å². The van der Waals surface area contributed by atoms with E-state index in [9.17, 15) is 4.79 Å². The van der Waals surface area contributed by atoms with E-state index < -0.39 is 0 Å². The third kappa shape index (κ3) is 5.96. The Morgan fingerprint density at radius 3 is 2.27 bits per heavy atom. The number of nitrogens with zero attached hydrogens (tertiary/aromatic N) is 4. The van der Waals surface area contributed by atoms with E-state index in [1.807, 2.05) is 37.4 Å². The molecule has 0 saturated carbocycles. The normalized spacial score (nSPS) is 11.0. The number of carbonyl (C=O) groups is 1. The summed E-state index contributed by atoms with van der Waals surface area (Å²) in [5, 5.41) is 3.26. The summed E-state index contributed by atoms with van der Waals surface area (Å²) in [4.78, 5) is 25.9. The van der Waals surface area contributed by atoms with Gasteiger partial charge in [-0.25, -0.2) is 9.97 Å². The van der Waals surface area contributed by atoms with Crippen LogP contribution in [0.4, 0.5) is 11.6 Å². The molecule has 1 aromatic heterocycles. The number of benzene rings is 2. The Morgan fingerprint density at radius 1 is 0.909 bits per heavy atom. The van der Waals surface area contributed by atoms with Gasteiger partial charge in [0.1, 0.15) is 0 Å². The Balaban J connectivity index is 1.69. The quantitative estimate of drug-likeness (QED) is 0.489. The Labute approximate surface area is 197 Å². The zero-order valence-electron chi connectivity index (χ0n) is 20.6. The number of anilines is 2. The van der Waals surface area contributed by atoms with Gasteiger partial charge in [-0.3, -0.25) is 4.79 Å². The molecule has 174 valence electrons. The lowest BCUT2D eigenvalue weighted by molar-refractivity contribution is 0.0780. The molecule has 1 N–H and O–H groups in total. The fourth-order valence-corrected chi connectivity index (χ4v) is 3.78. The van der Waals surface area contributed by atoms with Crippen LogP contribution in [0.25, 0.3) is 11.3 Å². The van der Waals surface area contributed by atoms with Crippen molar-refractivity contribution < 1.29 is 4.79 Å². The molecular weight excluding hydrogens is 410 g/mol. The van der Waals surface area contributed by atoms with Crippen LogP contribution in [0.1, 0.15) is 40.9 Å². The van der Waals surface area contributed by atoms with Crippen LogP contribution in [-0.4, -0.2) is 58.9 Å². The first-order chi connectivity index (χ1) is 15.8. The van der Waals surface area contributed by atoms with Crippen molar-refractivity contribution in [2.45, 2.75) is 34.6 Å². The molecule has 1 heterocycles. The molecule has 6 nitrogen and oxygen atoms in total. The standard InChI is InChI=1S/C27H35N5O/c1-7-32(8-2)18-17-31(6)26(33)22-10-12-23(13-11-22)29-27-28-16-15-25(30-27)24-14-9-19(3)20(4)21(24)5/h9-16H,7-8,17-18H2,1-6H3,(H,28,29,30). The van der Waals surface area contributed by atoms with Crippen molar-refractivity contribution in [3.05, 3.63) is 70.9 Å². The average molecular weight is 446 g/mol. The molecule has 0 saturated heterocycles. The Hall–Kier alpha value is -3.25. The Morgan fingerprint density at radius 2 is 1.61 bits per heavy atom. The molecule has 0 bridgehead atoms. The number of aromatic nitrogens is 2. The Kier molecular flexibility index (Phi) is 8.17. The second kappa shape index (κ2) is 11.1. The van der Waals surface area contributed by atoms with Crippen molar-refractivity contribution in [2.75, 3.05) is 38.5 Å². The van der Waals surface area contributed by atoms with Crippen molar-refractivity contribution in [2.24, 2.45) is 0 Å². The highest BCUT2D eigenvalue weighted by Gasteiger charge is 2.13. The molecule has 33 heavy (non-hydrogen) atoms. The minimum atomic E-state index is 0.0252. The fourth-order valence-electron chi connectivity index (χ4n) is 3.78. The van der Waals surface area contributed by atoms with E-state index >= 15 is 0 Å². The second-order valence-corrected chi connectivity index (χ2v) is 8.40. The maximum absolute atomic E-state index is 12.8. The van der Waals surface area contributed by atoms with E-state index in [-0.39, 0.29) is 5.91 Å². The number of hydrogen-bond donors (Lipinski definition) is 1. The van der Waals surface area contributed by atoms with Crippen LogP contribution in [0.3, 0.4) is 0 Å². The van der Waals surface area contributed by atoms with Gasteiger partial charge in [-0.2, -0.15) is 0 Å². The first-order valence-electron chi connectivity index (χ1n) is 11.6. The van der Waals surface area contributed by atoms with Gasteiger partial charge in [0.05, 0.1) is 5.69 Å². The van der Waals surface area contributed by atoms with Crippen LogP contribution in [-0.2, 0) is 0 Å². The first kappa shape index (κ1) is 24.4. The van der Waals surface area contributed by atoms with Gasteiger partial charge in [0.15, 0.2) is 0 Å². The van der Waals surface area contributed by atoms with Crippen molar-refractivity contribution >= 4 is 17.5 Å². The summed E-state index contributed by atoms with van der Waals surface area (Å²) in [6.07, 6.45) is 1.77. The smallest absolute Gasteiger partial charge is 0.253 e. The lowest BCUT2D eigenvalue weighted by Gasteiger charge is -2.23. The van der Waals surface area contributed by atoms with E-state index in [1.165, 1.54) is 16.7 Å². The largest absolute Gasteiger partial charge is 0.340 e. The maximum Gasteiger partial charge on any atom is 0.253 e. The summed E-state index contributed by atoms with van der Waals surface area (Å²) >= 11 is 0. The molecule has 0 aliphatic heterocycles. The molecule has 2 aromatic carbocycles. The molecule has 3 rings (SSSR count). The molecule has 0 unspecified atom stereocenters. The zero-order valence-corrected chi connectivity index (χ0v) is 20.6. The van der Waals surface area contributed by atoms with Crippen molar-refractivity contribution in [1.82, 2.24) is 19.8 Å². The third-order valence-electron chi connectivity index (χ3n) is 6.37. The predicted molar refractivity (Wildman–Crippen MR) is 136 cm³/mol. The molecular formula is C27H35N5O. The highest BCUT2D eigenvalue weighted by molar-refractivity contribution is 5.94. The third-order valence-corrected chi connectivity index (χ3v) is 6.37. The van der Waals surface area contributed by atoms with Crippen LogP contribution in [0, 0.1) is 20.8 Å². The molecule has 0 fully saturated rings. The second-order valence-electron chi connectivity index (χ2n) is 8.40. The SMILES string of the molecule is CCN(CC)CCN(C)C(=O)c1ccc(Nc2nccc(-c3ccc(C)c(C)c3C)n2)cc1. The topological polar surface area (TPSA) is 61.4 Å². The summed E-state index contributed by atoms with van der Waals surface area (Å²) in [6, 6.07) is 13.6. The van der Waals surface area contributed by atoms with Crippen LogP contribution in [0.15, 0.2) is 48.7 Å². The zero-order chi connectivity index (χ0) is 24.0. The molecule has 0 aliphatic rings. The van der Waals surface area contributed by atoms with Crippen molar-refractivity contribution in [3.63, 3.8) is 0 Å². The molecule has 6 heteroatoms. The van der Waals surface area contributed by atoms with E-state index in [4.69, 9.17) is 4.98 Å². The van der Waals surface area contributed by atoms with Gasteiger partial charge >= 0.3 is 0 Å². The summed E-state index contributed by atoms with van der Waals surface area (Å²) in [5.41, 5.74) is 7.29. The lowest BCUT2D eigenvalue weighted by atomic mass is 9.97. The Bertz CT molecular complexity index is 1090. The minimum Gasteiger partial charge on any atom is -0.340 e. The van der Waals surface area contributed by atoms with Crippen molar-refractivity contribution in [3.8, 4) is 11.3 Å². The van der Waals surface area contributed by atoms with Gasteiger partial charge in [0, 0.05) is 43.1 Å². The number of hydrogen-bond acceptors (Lipinski definition) is 5.